The van der Waals surface area contributed by atoms with Crippen molar-refractivity contribution in [3.05, 3.63) is 51.7 Å². The Morgan fingerprint density at radius 2 is 1.86 bits per heavy atom. The van der Waals surface area contributed by atoms with Crippen molar-refractivity contribution in [1.82, 2.24) is 9.97 Å². The third-order valence-electron chi connectivity index (χ3n) is 4.60. The van der Waals surface area contributed by atoms with Gasteiger partial charge in [0.25, 0.3) is 11.5 Å². The summed E-state index contributed by atoms with van der Waals surface area (Å²) < 4.78 is 5.35. The Labute approximate surface area is 162 Å². The van der Waals surface area contributed by atoms with Gasteiger partial charge in [-0.25, -0.2) is 4.98 Å². The highest BCUT2D eigenvalue weighted by Gasteiger charge is 2.23. The number of carbonyl (C=O) groups excluding carboxylic acids is 2. The number of hydrogen-bond donors (Lipinski definition) is 3. The molecular weight excluding hydrogens is 360 g/mol. The molecule has 0 saturated carbocycles. The smallest absolute Gasteiger partial charge is 0.254 e. The average molecular weight is 384 g/mol. The van der Waals surface area contributed by atoms with E-state index < -0.39 is 0 Å². The zero-order valence-corrected chi connectivity index (χ0v) is 16.0. The molecule has 0 unspecified atom stereocenters. The number of hydrogen-bond acceptors (Lipinski definition) is 5. The molecule has 0 radical (unpaired) electrons. The van der Waals surface area contributed by atoms with E-state index >= 15 is 0 Å². The largest absolute Gasteiger partial charge is 0.368 e. The molecule has 2 heterocycles. The van der Waals surface area contributed by atoms with Crippen LogP contribution < -0.4 is 16.2 Å². The van der Waals surface area contributed by atoms with Gasteiger partial charge in [0.2, 0.25) is 5.91 Å². The Morgan fingerprint density at radius 3 is 2.46 bits per heavy atom. The molecule has 2 aromatic rings. The van der Waals surface area contributed by atoms with Gasteiger partial charge in [-0.1, -0.05) is 0 Å². The molecule has 1 fully saturated rings. The number of nitrogens with zero attached hydrogens (tertiary/aromatic N) is 1. The first kappa shape index (κ1) is 19.8. The third-order valence-corrected chi connectivity index (χ3v) is 4.60. The van der Waals surface area contributed by atoms with Crippen molar-refractivity contribution in [2.75, 3.05) is 17.2 Å². The van der Waals surface area contributed by atoms with Gasteiger partial charge < -0.3 is 20.4 Å². The van der Waals surface area contributed by atoms with E-state index in [4.69, 9.17) is 4.74 Å². The maximum atomic E-state index is 12.2. The first-order chi connectivity index (χ1) is 13.4. The first-order valence-electron chi connectivity index (χ1n) is 9.31. The summed E-state index contributed by atoms with van der Waals surface area (Å²) in [6.45, 7) is 4.10. The first-order valence-corrected chi connectivity index (χ1v) is 9.31. The summed E-state index contributed by atoms with van der Waals surface area (Å²) in [4.78, 5) is 43.1. The molecule has 3 rings (SSSR count). The predicted octanol–water partition coefficient (Wildman–Crippen LogP) is 2.08. The minimum atomic E-state index is -0.387. The Bertz CT molecular complexity index is 915. The fourth-order valence-electron chi connectivity index (χ4n) is 3.15. The predicted molar refractivity (Wildman–Crippen MR) is 105 cm³/mol. The highest BCUT2D eigenvalue weighted by Crippen LogP contribution is 2.17. The van der Waals surface area contributed by atoms with Crippen LogP contribution in [0, 0.1) is 13.8 Å². The quantitative estimate of drug-likeness (QED) is 0.706. The lowest BCUT2D eigenvalue weighted by atomic mass is 10.1. The summed E-state index contributed by atoms with van der Waals surface area (Å²) >= 11 is 0. The fraction of sp³-hybridized carbons (Fsp3) is 0.400. The van der Waals surface area contributed by atoms with Gasteiger partial charge in [0.05, 0.1) is 0 Å². The molecular formula is C20H24N4O4. The van der Waals surface area contributed by atoms with Gasteiger partial charge in [-0.2, -0.15) is 0 Å². The van der Waals surface area contributed by atoms with Crippen LogP contribution in [0.1, 0.15) is 36.3 Å². The molecule has 0 spiro atoms. The molecule has 8 heteroatoms. The lowest BCUT2D eigenvalue weighted by molar-refractivity contribution is -0.124. The molecule has 8 nitrogen and oxygen atoms in total. The SMILES string of the molecule is Cc1nc(C)c(CCC(=O)Nc2ccc(NC(=O)[C@H]3CCCO3)cc2)c(=O)[nH]1. The van der Waals surface area contributed by atoms with Crippen LogP contribution >= 0.6 is 0 Å². The number of aromatic nitrogens is 2. The van der Waals surface area contributed by atoms with E-state index in [0.29, 0.717) is 41.5 Å². The Hall–Kier alpha value is -3.00. The van der Waals surface area contributed by atoms with Gasteiger partial charge in [0.1, 0.15) is 11.9 Å². The number of ether oxygens (including phenoxy) is 1. The van der Waals surface area contributed by atoms with E-state index in [0.717, 1.165) is 12.8 Å². The highest BCUT2D eigenvalue weighted by molar-refractivity contribution is 5.95. The highest BCUT2D eigenvalue weighted by atomic mass is 16.5. The fourth-order valence-corrected chi connectivity index (χ4v) is 3.15. The normalized spacial score (nSPS) is 16.0. The van der Waals surface area contributed by atoms with Crippen LogP contribution in [0.2, 0.25) is 0 Å². The molecule has 1 aromatic heterocycles. The third kappa shape index (κ3) is 5.04. The van der Waals surface area contributed by atoms with Gasteiger partial charge in [-0.15, -0.1) is 0 Å². The van der Waals surface area contributed by atoms with Gasteiger partial charge in [0.15, 0.2) is 0 Å². The molecule has 3 N–H and O–H groups in total. The number of aryl methyl sites for hydroxylation is 2. The number of benzene rings is 1. The topological polar surface area (TPSA) is 113 Å². The van der Waals surface area contributed by atoms with Gasteiger partial charge in [-0.3, -0.25) is 14.4 Å². The van der Waals surface area contributed by atoms with E-state index in [9.17, 15) is 14.4 Å². The lowest BCUT2D eigenvalue weighted by Crippen LogP contribution is -2.26. The van der Waals surface area contributed by atoms with E-state index in [1.165, 1.54) is 0 Å². The van der Waals surface area contributed by atoms with E-state index in [1.807, 2.05) is 0 Å². The standard InChI is InChI=1S/C20H24N4O4/c1-12-16(19(26)22-13(2)21-12)9-10-18(25)23-14-5-7-15(8-6-14)24-20(27)17-4-3-11-28-17/h5-8,17H,3-4,9-11H2,1-2H3,(H,23,25)(H,24,27)(H,21,22,26)/t17-/m1/s1. The molecule has 1 aliphatic heterocycles. The van der Waals surface area contributed by atoms with Gasteiger partial charge in [0, 0.05) is 35.7 Å². The Morgan fingerprint density at radius 1 is 1.18 bits per heavy atom. The second-order valence-corrected chi connectivity index (χ2v) is 6.83. The Balaban J connectivity index is 1.52. The van der Waals surface area contributed by atoms with E-state index in [2.05, 4.69) is 20.6 Å². The van der Waals surface area contributed by atoms with Crippen molar-refractivity contribution in [3.63, 3.8) is 0 Å². The number of aromatic amines is 1. The van der Waals surface area contributed by atoms with Crippen LogP contribution in [0.4, 0.5) is 11.4 Å². The molecule has 1 saturated heterocycles. The van der Waals surface area contributed by atoms with Crippen LogP contribution in [-0.2, 0) is 20.7 Å². The van der Waals surface area contributed by atoms with Crippen LogP contribution in [0.25, 0.3) is 0 Å². The van der Waals surface area contributed by atoms with E-state index in [1.54, 1.807) is 38.1 Å². The maximum absolute atomic E-state index is 12.2. The van der Waals surface area contributed by atoms with Crippen molar-refractivity contribution in [1.29, 1.82) is 0 Å². The number of amides is 2. The summed E-state index contributed by atoms with van der Waals surface area (Å²) in [6.07, 6.45) is 1.73. The van der Waals surface area contributed by atoms with Crippen LogP contribution in [0.3, 0.4) is 0 Å². The van der Waals surface area contributed by atoms with Gasteiger partial charge >= 0.3 is 0 Å². The zero-order chi connectivity index (χ0) is 20.1. The van der Waals surface area contributed by atoms with Crippen LogP contribution in [-0.4, -0.2) is 34.5 Å². The second-order valence-electron chi connectivity index (χ2n) is 6.83. The van der Waals surface area contributed by atoms with Crippen molar-refractivity contribution >= 4 is 23.2 Å². The molecule has 0 aliphatic carbocycles. The number of carbonyl (C=O) groups is 2. The molecule has 0 bridgehead atoms. The van der Waals surface area contributed by atoms with Crippen LogP contribution in [0.5, 0.6) is 0 Å². The molecule has 1 atom stereocenters. The average Bonchev–Trinajstić information content (AvgIpc) is 3.17. The number of nitrogens with one attached hydrogen (secondary N) is 3. The van der Waals surface area contributed by atoms with Crippen molar-refractivity contribution in [2.24, 2.45) is 0 Å². The summed E-state index contributed by atoms with van der Waals surface area (Å²) in [6, 6.07) is 6.88. The summed E-state index contributed by atoms with van der Waals surface area (Å²) in [7, 11) is 0. The summed E-state index contributed by atoms with van der Waals surface area (Å²) in [5.74, 6) is 0.208. The molecule has 148 valence electrons. The van der Waals surface area contributed by atoms with Crippen molar-refractivity contribution in [2.45, 2.75) is 45.6 Å². The molecule has 2 amide bonds. The monoisotopic (exact) mass is 384 g/mol. The van der Waals surface area contributed by atoms with Crippen LogP contribution in [0.15, 0.2) is 29.1 Å². The number of rotatable bonds is 6. The minimum absolute atomic E-state index is 0.151. The van der Waals surface area contributed by atoms with Gasteiger partial charge in [-0.05, 0) is 57.4 Å². The molecule has 28 heavy (non-hydrogen) atoms. The summed E-state index contributed by atoms with van der Waals surface area (Å²) in [5.41, 5.74) is 2.22. The number of anilines is 2. The van der Waals surface area contributed by atoms with E-state index in [-0.39, 0.29) is 29.9 Å². The van der Waals surface area contributed by atoms with Crippen molar-refractivity contribution < 1.29 is 14.3 Å². The lowest BCUT2D eigenvalue weighted by Gasteiger charge is -2.11. The maximum Gasteiger partial charge on any atom is 0.254 e. The molecule has 1 aromatic carbocycles. The molecule has 1 aliphatic rings. The second kappa shape index (κ2) is 8.79. The summed E-state index contributed by atoms with van der Waals surface area (Å²) in [5, 5.41) is 5.60. The Kier molecular flexibility index (Phi) is 6.20. The minimum Gasteiger partial charge on any atom is -0.368 e. The zero-order valence-electron chi connectivity index (χ0n) is 16.0. The number of H-pyrrole nitrogens is 1. The van der Waals surface area contributed by atoms with Crippen molar-refractivity contribution in [3.8, 4) is 0 Å².